The fourth-order valence-electron chi connectivity index (χ4n) is 11.4. The van der Waals surface area contributed by atoms with Crippen LogP contribution < -0.4 is 0 Å². The van der Waals surface area contributed by atoms with E-state index in [1.807, 2.05) is 0 Å². The van der Waals surface area contributed by atoms with E-state index in [-0.39, 0.29) is 43.4 Å². The molecule has 6 fully saturated rings. The summed E-state index contributed by atoms with van der Waals surface area (Å²) in [4.78, 5) is 11.9. The third-order valence-corrected chi connectivity index (χ3v) is 14.3. The monoisotopic (exact) mass is 714 g/mol. The summed E-state index contributed by atoms with van der Waals surface area (Å²) >= 11 is 0. The van der Waals surface area contributed by atoms with Gasteiger partial charge in [-0.25, -0.2) is 4.79 Å². The van der Waals surface area contributed by atoms with Crippen LogP contribution in [0.3, 0.4) is 0 Å². The molecule has 284 valence electrons. The number of rotatable bonds is 7. The summed E-state index contributed by atoms with van der Waals surface area (Å²) in [6.45, 7) is 2.95. The van der Waals surface area contributed by atoms with Crippen LogP contribution in [0.25, 0.3) is 0 Å². The minimum Gasteiger partial charge on any atom is -0.458 e. The van der Waals surface area contributed by atoms with Crippen LogP contribution in [0.4, 0.5) is 0 Å². The van der Waals surface area contributed by atoms with Gasteiger partial charge in [-0.05, 0) is 81.6 Å². The summed E-state index contributed by atoms with van der Waals surface area (Å²) in [6, 6.07) is 0. The molecule has 4 aliphatic carbocycles. The maximum atomic E-state index is 12.5. The Morgan fingerprint density at radius 1 is 0.820 bits per heavy atom. The average molecular weight is 715 g/mol. The molecule has 0 unspecified atom stereocenters. The number of carbonyl (C=O) groups is 1. The SMILES string of the molecule is C[C@@H]1O[C@@H](O[C@H]2CC[C@]3(CO)[C@H]4CC[C@]5(C)[C@@H](C6=CC(=O)OC6)CC[C@]5(O)[C@@H]4CC[C@]3(O)C2)[C@H](O[C@H]2O[C@@H](CO)[C@H](O)[C@@H](O)[C@@H]2O)[C@H](O)[C@H]1O. The number of fused-ring (bicyclic) bond motifs is 5. The first-order valence-corrected chi connectivity index (χ1v) is 18.2. The predicted molar refractivity (Wildman–Crippen MR) is 168 cm³/mol. The molecule has 0 bridgehead atoms. The lowest BCUT2D eigenvalue weighted by atomic mass is 9.41. The number of esters is 1. The Balaban J connectivity index is 1.08. The van der Waals surface area contributed by atoms with Crippen LogP contribution in [0.15, 0.2) is 11.6 Å². The molecule has 0 aromatic rings. The van der Waals surface area contributed by atoms with Crippen molar-refractivity contribution in [3.8, 4) is 0 Å². The molecule has 3 aliphatic heterocycles. The first kappa shape index (κ1) is 37.0. The third-order valence-electron chi connectivity index (χ3n) is 14.3. The molecule has 9 N–H and O–H groups in total. The van der Waals surface area contributed by atoms with Crippen LogP contribution in [0.5, 0.6) is 0 Å². The summed E-state index contributed by atoms with van der Waals surface area (Å²) in [5, 5.41) is 98.5. The van der Waals surface area contributed by atoms with Gasteiger partial charge in [-0.1, -0.05) is 6.92 Å². The zero-order valence-electron chi connectivity index (χ0n) is 28.6. The first-order valence-electron chi connectivity index (χ1n) is 18.2. The zero-order chi connectivity index (χ0) is 36.0. The van der Waals surface area contributed by atoms with Crippen molar-refractivity contribution in [1.29, 1.82) is 0 Å². The number of carbonyl (C=O) groups excluding carboxylic acids is 1. The van der Waals surface area contributed by atoms with Crippen LogP contribution >= 0.6 is 0 Å². The third kappa shape index (κ3) is 5.45. The second kappa shape index (κ2) is 13.2. The number of aliphatic hydroxyl groups is 9. The second-order valence-corrected chi connectivity index (χ2v) is 16.4. The molecule has 0 spiro atoms. The highest BCUT2D eigenvalue weighted by molar-refractivity contribution is 5.85. The highest BCUT2D eigenvalue weighted by Crippen LogP contribution is 2.70. The molecule has 7 aliphatic rings. The highest BCUT2D eigenvalue weighted by atomic mass is 16.8. The van der Waals surface area contributed by atoms with Crippen molar-refractivity contribution >= 4 is 5.97 Å². The molecule has 0 aromatic heterocycles. The minimum absolute atomic E-state index is 0.0137. The second-order valence-electron chi connectivity index (χ2n) is 16.4. The molecule has 4 saturated carbocycles. The molecule has 0 amide bonds. The first-order chi connectivity index (χ1) is 23.6. The number of ether oxygens (including phenoxy) is 5. The van der Waals surface area contributed by atoms with Crippen LogP contribution in [0.1, 0.15) is 71.6 Å². The molecule has 50 heavy (non-hydrogen) atoms. The van der Waals surface area contributed by atoms with Gasteiger partial charge >= 0.3 is 5.97 Å². The maximum Gasteiger partial charge on any atom is 0.331 e. The Kier molecular flexibility index (Phi) is 9.79. The van der Waals surface area contributed by atoms with Gasteiger partial charge < -0.3 is 69.6 Å². The van der Waals surface area contributed by atoms with Crippen LogP contribution in [-0.4, -0.2) is 150 Å². The molecular weight excluding hydrogens is 660 g/mol. The van der Waals surface area contributed by atoms with E-state index >= 15 is 0 Å². The van der Waals surface area contributed by atoms with Gasteiger partial charge in [0.05, 0.1) is 36.6 Å². The van der Waals surface area contributed by atoms with Gasteiger partial charge in [0.1, 0.15) is 49.3 Å². The molecular formula is C35H54O15. The van der Waals surface area contributed by atoms with Crippen LogP contribution in [-0.2, 0) is 28.5 Å². The maximum absolute atomic E-state index is 12.5. The number of hydrogen-bond acceptors (Lipinski definition) is 15. The molecule has 0 radical (unpaired) electrons. The van der Waals surface area contributed by atoms with Crippen molar-refractivity contribution in [2.24, 2.45) is 28.6 Å². The fraction of sp³-hybridized carbons (Fsp3) is 0.914. The quantitative estimate of drug-likeness (QED) is 0.106. The smallest absolute Gasteiger partial charge is 0.331 e. The van der Waals surface area contributed by atoms with Crippen molar-refractivity contribution in [1.82, 2.24) is 0 Å². The Hall–Kier alpha value is -1.31. The number of aliphatic hydroxyl groups excluding tert-OH is 7. The van der Waals surface area contributed by atoms with E-state index in [9.17, 15) is 50.8 Å². The van der Waals surface area contributed by atoms with E-state index < -0.39 is 96.2 Å². The van der Waals surface area contributed by atoms with Gasteiger partial charge in [0.2, 0.25) is 0 Å². The summed E-state index contributed by atoms with van der Waals surface area (Å²) < 4.78 is 28.9. The lowest BCUT2D eigenvalue weighted by molar-refractivity contribution is -0.373. The molecule has 3 heterocycles. The van der Waals surface area contributed by atoms with Gasteiger partial charge in [0.25, 0.3) is 0 Å². The lowest BCUT2D eigenvalue weighted by Gasteiger charge is -2.66. The van der Waals surface area contributed by atoms with E-state index in [1.54, 1.807) is 13.0 Å². The largest absolute Gasteiger partial charge is 0.458 e. The summed E-state index contributed by atoms with van der Waals surface area (Å²) in [5.74, 6) is -0.658. The minimum atomic E-state index is -1.76. The van der Waals surface area contributed by atoms with Gasteiger partial charge in [0, 0.05) is 23.3 Å². The fourth-order valence-corrected chi connectivity index (χ4v) is 11.4. The zero-order valence-corrected chi connectivity index (χ0v) is 28.6. The highest BCUT2D eigenvalue weighted by Gasteiger charge is 2.71. The summed E-state index contributed by atoms with van der Waals surface area (Å²) in [5.41, 5.74) is -2.84. The molecule has 15 heteroatoms. The van der Waals surface area contributed by atoms with Crippen molar-refractivity contribution in [2.75, 3.05) is 19.8 Å². The van der Waals surface area contributed by atoms with Crippen molar-refractivity contribution in [3.05, 3.63) is 11.6 Å². The topological polar surface area (TPSA) is 245 Å². The normalized spacial score (nSPS) is 55.1. The van der Waals surface area contributed by atoms with E-state index in [0.29, 0.717) is 44.9 Å². The van der Waals surface area contributed by atoms with E-state index in [2.05, 4.69) is 6.92 Å². The summed E-state index contributed by atoms with van der Waals surface area (Å²) in [7, 11) is 0. The van der Waals surface area contributed by atoms with Crippen molar-refractivity contribution in [3.63, 3.8) is 0 Å². The Bertz CT molecular complexity index is 1310. The summed E-state index contributed by atoms with van der Waals surface area (Å²) in [6.07, 6.45) is -9.25. The average Bonchev–Trinajstić information content (AvgIpc) is 3.64. The van der Waals surface area contributed by atoms with Gasteiger partial charge in [-0.15, -0.1) is 0 Å². The molecule has 7 rings (SSSR count). The Morgan fingerprint density at radius 2 is 1.56 bits per heavy atom. The molecule has 18 atom stereocenters. The lowest BCUT2D eigenvalue weighted by Crippen LogP contribution is -2.69. The Labute approximate surface area is 290 Å². The van der Waals surface area contributed by atoms with E-state index in [4.69, 9.17) is 23.7 Å². The standard InChI is InChI=1S/C35H54O15/c1-16-24(39)27(42)29(50-30-28(43)26(41)25(40)22(13-36)49-30)31(47-16)48-18-3-8-33(15-37)20-4-7-32(2)19(17-11-23(38)46-14-17)6-10-35(32,45)21(20)5-9-34(33,44)12-18/h11,16,18-22,24-31,36-37,39-45H,3-10,12-15H2,1-2H3/t16-,18-,19+,20-,21+,22-,24-,25-,26+,27+,28-,29+,30+,31-,32+,33-,34-,35-/m0/s1. The van der Waals surface area contributed by atoms with Gasteiger partial charge in [0.15, 0.2) is 12.6 Å². The van der Waals surface area contributed by atoms with Crippen LogP contribution in [0.2, 0.25) is 0 Å². The molecule has 0 aromatic carbocycles. The van der Waals surface area contributed by atoms with Crippen LogP contribution in [0, 0.1) is 28.6 Å². The number of cyclic esters (lactones) is 1. The van der Waals surface area contributed by atoms with E-state index in [1.165, 1.54) is 0 Å². The predicted octanol–water partition coefficient (Wildman–Crippen LogP) is -1.63. The van der Waals surface area contributed by atoms with Crippen molar-refractivity contribution in [2.45, 2.75) is 150 Å². The number of hydrogen-bond donors (Lipinski definition) is 9. The molecule has 15 nitrogen and oxygen atoms in total. The van der Waals surface area contributed by atoms with Crippen molar-refractivity contribution < 1.29 is 74.4 Å². The van der Waals surface area contributed by atoms with Gasteiger partial charge in [-0.3, -0.25) is 0 Å². The Morgan fingerprint density at radius 3 is 2.24 bits per heavy atom. The van der Waals surface area contributed by atoms with E-state index in [0.717, 1.165) is 12.0 Å². The molecule has 2 saturated heterocycles. The van der Waals surface area contributed by atoms with Gasteiger partial charge in [-0.2, -0.15) is 0 Å².